The van der Waals surface area contributed by atoms with E-state index in [0.717, 1.165) is 22.2 Å². The zero-order valence-corrected chi connectivity index (χ0v) is 19.6. The van der Waals surface area contributed by atoms with Crippen LogP contribution in [0.1, 0.15) is 29.7 Å². The average molecular weight is 491 g/mol. The van der Waals surface area contributed by atoms with Crippen LogP contribution in [-0.2, 0) is 16.0 Å². The molecule has 4 aromatic rings. The van der Waals surface area contributed by atoms with Crippen LogP contribution in [0, 0.1) is 0 Å². The van der Waals surface area contributed by atoms with Crippen molar-refractivity contribution in [3.05, 3.63) is 94.0 Å². The van der Waals surface area contributed by atoms with Gasteiger partial charge in [-0.3, -0.25) is 14.5 Å². The van der Waals surface area contributed by atoms with Gasteiger partial charge in [-0.1, -0.05) is 48.1 Å². The van der Waals surface area contributed by atoms with Gasteiger partial charge < -0.3 is 10.2 Å². The molecule has 6 nitrogen and oxygen atoms in total. The van der Waals surface area contributed by atoms with Crippen molar-refractivity contribution in [3.63, 3.8) is 0 Å². The summed E-state index contributed by atoms with van der Waals surface area (Å²) >= 11 is 7.29. The molecule has 34 heavy (non-hydrogen) atoms. The van der Waals surface area contributed by atoms with Crippen LogP contribution in [0.4, 0.5) is 5.13 Å². The standard InChI is InChI=1S/C26H19ClN2O4S/c1-2-14-3-12-19-20(13-14)34-26(28-19)29-22(15-6-10-18(30)11-7-15)21(24(32)25(29)33)23(31)16-4-8-17(27)9-5-16/h3-13,22,30-31H,2H2,1H3/b23-21+. The van der Waals surface area contributed by atoms with Crippen molar-refractivity contribution in [1.29, 1.82) is 0 Å². The van der Waals surface area contributed by atoms with E-state index < -0.39 is 17.7 Å². The van der Waals surface area contributed by atoms with E-state index >= 15 is 0 Å². The summed E-state index contributed by atoms with van der Waals surface area (Å²) in [5.41, 5.74) is 2.74. The van der Waals surface area contributed by atoms with Gasteiger partial charge in [0.2, 0.25) is 0 Å². The average Bonchev–Trinajstić information content (AvgIpc) is 3.37. The normalized spacial score (nSPS) is 17.6. The highest BCUT2D eigenvalue weighted by atomic mass is 35.5. The number of hydrogen-bond acceptors (Lipinski definition) is 6. The van der Waals surface area contributed by atoms with Crippen molar-refractivity contribution in [2.24, 2.45) is 0 Å². The van der Waals surface area contributed by atoms with Crippen LogP contribution in [0.3, 0.4) is 0 Å². The number of aryl methyl sites for hydroxylation is 1. The molecule has 8 heteroatoms. The molecular weight excluding hydrogens is 472 g/mol. The molecule has 0 saturated carbocycles. The summed E-state index contributed by atoms with van der Waals surface area (Å²) in [5, 5.41) is 21.7. The molecule has 1 aliphatic rings. The van der Waals surface area contributed by atoms with Crippen molar-refractivity contribution < 1.29 is 19.8 Å². The van der Waals surface area contributed by atoms with Crippen LogP contribution >= 0.6 is 22.9 Å². The minimum absolute atomic E-state index is 0.0467. The van der Waals surface area contributed by atoms with Crippen LogP contribution in [0.15, 0.2) is 72.3 Å². The Kier molecular flexibility index (Phi) is 5.59. The van der Waals surface area contributed by atoms with Gasteiger partial charge in [0, 0.05) is 10.6 Å². The molecule has 0 aliphatic carbocycles. The molecule has 0 radical (unpaired) electrons. The van der Waals surface area contributed by atoms with Crippen LogP contribution in [0.25, 0.3) is 16.0 Å². The summed E-state index contributed by atoms with van der Waals surface area (Å²) in [4.78, 5) is 32.5. The molecule has 2 heterocycles. The monoisotopic (exact) mass is 490 g/mol. The van der Waals surface area contributed by atoms with Crippen LogP contribution in [-0.4, -0.2) is 26.9 Å². The highest BCUT2D eigenvalue weighted by Gasteiger charge is 2.48. The fourth-order valence-electron chi connectivity index (χ4n) is 4.04. The zero-order chi connectivity index (χ0) is 24.0. The second-order valence-corrected chi connectivity index (χ2v) is 9.37. The maximum atomic E-state index is 13.3. The zero-order valence-electron chi connectivity index (χ0n) is 18.0. The number of halogens is 1. The van der Waals surface area contributed by atoms with Crippen LogP contribution in [0.5, 0.6) is 5.75 Å². The number of amides is 1. The van der Waals surface area contributed by atoms with Gasteiger partial charge in [0.1, 0.15) is 11.5 Å². The van der Waals surface area contributed by atoms with E-state index in [-0.39, 0.29) is 17.1 Å². The first-order valence-electron chi connectivity index (χ1n) is 10.6. The minimum atomic E-state index is -0.914. The molecule has 2 N–H and O–H groups in total. The maximum Gasteiger partial charge on any atom is 0.301 e. The molecule has 3 aromatic carbocycles. The van der Waals surface area contributed by atoms with Crippen molar-refractivity contribution in [1.82, 2.24) is 4.98 Å². The molecule has 0 bridgehead atoms. The fraction of sp³-hybridized carbons (Fsp3) is 0.115. The Hall–Kier alpha value is -3.68. The third-order valence-electron chi connectivity index (χ3n) is 5.83. The lowest BCUT2D eigenvalue weighted by Gasteiger charge is -2.23. The predicted octanol–water partition coefficient (Wildman–Crippen LogP) is 5.84. The molecule has 1 unspecified atom stereocenters. The number of carbonyl (C=O) groups excluding carboxylic acids is 2. The number of carbonyl (C=O) groups is 2. The van der Waals surface area contributed by atoms with Crippen molar-refractivity contribution in [2.45, 2.75) is 19.4 Å². The highest BCUT2D eigenvalue weighted by Crippen LogP contribution is 2.44. The largest absolute Gasteiger partial charge is 0.508 e. The maximum absolute atomic E-state index is 13.3. The van der Waals surface area contributed by atoms with Gasteiger partial charge in [0.05, 0.1) is 21.8 Å². The number of aromatic nitrogens is 1. The number of thiazole rings is 1. The number of benzene rings is 3. The van der Waals surface area contributed by atoms with E-state index in [9.17, 15) is 19.8 Å². The van der Waals surface area contributed by atoms with E-state index in [1.54, 1.807) is 36.4 Å². The third kappa shape index (κ3) is 3.73. The predicted molar refractivity (Wildman–Crippen MR) is 133 cm³/mol. The Balaban J connectivity index is 1.71. The molecule has 5 rings (SSSR count). The highest BCUT2D eigenvalue weighted by molar-refractivity contribution is 7.22. The lowest BCUT2D eigenvalue weighted by atomic mass is 9.95. The van der Waals surface area contributed by atoms with E-state index in [2.05, 4.69) is 11.9 Å². The molecule has 1 saturated heterocycles. The Morgan fingerprint density at radius 2 is 1.76 bits per heavy atom. The van der Waals surface area contributed by atoms with Gasteiger partial charge in [-0.05, 0) is 66.1 Å². The number of hydrogen-bond donors (Lipinski definition) is 2. The van der Waals surface area contributed by atoms with E-state index in [1.165, 1.54) is 28.4 Å². The summed E-state index contributed by atoms with van der Waals surface area (Å²) in [6.07, 6.45) is 0.863. The van der Waals surface area contributed by atoms with Crippen molar-refractivity contribution in [2.75, 3.05) is 4.90 Å². The summed E-state index contributed by atoms with van der Waals surface area (Å²) in [7, 11) is 0. The van der Waals surface area contributed by atoms with Gasteiger partial charge in [-0.25, -0.2) is 4.98 Å². The minimum Gasteiger partial charge on any atom is -0.508 e. The first kappa shape index (κ1) is 22.1. The first-order valence-corrected chi connectivity index (χ1v) is 11.8. The number of phenols is 1. The van der Waals surface area contributed by atoms with E-state index in [0.29, 0.717) is 21.3 Å². The first-order chi connectivity index (χ1) is 16.4. The number of phenolic OH excluding ortho intramolecular Hbond substituents is 1. The topological polar surface area (TPSA) is 90.7 Å². The second-order valence-electron chi connectivity index (χ2n) is 7.92. The number of aromatic hydroxyl groups is 1. The van der Waals surface area contributed by atoms with Crippen molar-refractivity contribution in [3.8, 4) is 5.75 Å². The number of nitrogens with zero attached hydrogens (tertiary/aromatic N) is 2. The Morgan fingerprint density at radius 3 is 2.44 bits per heavy atom. The molecular formula is C26H19ClN2O4S. The fourth-order valence-corrected chi connectivity index (χ4v) is 5.23. The van der Waals surface area contributed by atoms with Gasteiger partial charge >= 0.3 is 5.91 Å². The number of aliphatic hydroxyl groups excluding tert-OH is 1. The number of ketones is 1. The Morgan fingerprint density at radius 1 is 1.06 bits per heavy atom. The number of rotatable bonds is 4. The van der Waals surface area contributed by atoms with E-state index in [4.69, 9.17) is 11.6 Å². The molecule has 170 valence electrons. The van der Waals surface area contributed by atoms with Gasteiger partial charge in [0.15, 0.2) is 5.13 Å². The smallest absolute Gasteiger partial charge is 0.301 e. The molecule has 1 atom stereocenters. The second kappa shape index (κ2) is 8.59. The third-order valence-corrected chi connectivity index (χ3v) is 7.10. The molecule has 1 aliphatic heterocycles. The molecule has 0 spiro atoms. The summed E-state index contributed by atoms with van der Waals surface area (Å²) in [5.74, 6) is -1.84. The number of fused-ring (bicyclic) bond motifs is 1. The summed E-state index contributed by atoms with van der Waals surface area (Å²) in [6.45, 7) is 2.06. The van der Waals surface area contributed by atoms with Crippen molar-refractivity contribution >= 4 is 55.7 Å². The molecule has 1 aromatic heterocycles. The lowest BCUT2D eigenvalue weighted by molar-refractivity contribution is -0.132. The number of Topliss-reactive ketones (excluding diaryl/α,β-unsaturated/α-hetero) is 1. The van der Waals surface area contributed by atoms with Gasteiger partial charge in [-0.2, -0.15) is 0 Å². The van der Waals surface area contributed by atoms with Gasteiger partial charge in [0.25, 0.3) is 5.78 Å². The quantitative estimate of drug-likeness (QED) is 0.213. The summed E-state index contributed by atoms with van der Waals surface area (Å²) in [6, 6.07) is 17.6. The molecule has 1 amide bonds. The Labute approximate surface area is 204 Å². The molecule has 1 fully saturated rings. The summed E-state index contributed by atoms with van der Waals surface area (Å²) < 4.78 is 0.901. The SMILES string of the molecule is CCc1ccc2nc(N3C(=O)C(=O)/C(=C(/O)c4ccc(Cl)cc4)C3c3ccc(O)cc3)sc2c1. The number of aliphatic hydroxyl groups is 1. The number of anilines is 1. The van der Waals surface area contributed by atoms with E-state index in [1.807, 2.05) is 18.2 Å². The van der Waals surface area contributed by atoms with Crippen LogP contribution < -0.4 is 4.90 Å². The Bertz CT molecular complexity index is 1460. The van der Waals surface area contributed by atoms with Gasteiger partial charge in [-0.15, -0.1) is 0 Å². The van der Waals surface area contributed by atoms with Crippen LogP contribution in [0.2, 0.25) is 5.02 Å². The lowest BCUT2D eigenvalue weighted by Crippen LogP contribution is -2.29.